The van der Waals surface area contributed by atoms with Crippen LogP contribution in [0.3, 0.4) is 0 Å². The van der Waals surface area contributed by atoms with Crippen molar-refractivity contribution in [2.45, 2.75) is 12.6 Å². The van der Waals surface area contributed by atoms with Gasteiger partial charge in [0, 0.05) is 37.8 Å². The van der Waals surface area contributed by atoms with E-state index in [4.69, 9.17) is 14.2 Å². The van der Waals surface area contributed by atoms with Crippen LogP contribution in [-0.4, -0.2) is 52.4 Å². The topological polar surface area (TPSA) is 43.0 Å². The van der Waals surface area contributed by atoms with Crippen molar-refractivity contribution in [2.24, 2.45) is 0 Å². The van der Waals surface area contributed by atoms with Gasteiger partial charge in [-0.05, 0) is 7.05 Å². The zero-order chi connectivity index (χ0) is 13.8. The highest BCUT2D eigenvalue weighted by Gasteiger charge is 2.24. The summed E-state index contributed by atoms with van der Waals surface area (Å²) >= 11 is 0. The number of nitrogens with zero attached hydrogens (tertiary/aromatic N) is 1. The number of benzene rings is 1. The first-order chi connectivity index (χ1) is 9.19. The maximum absolute atomic E-state index is 5.46. The maximum atomic E-state index is 5.46. The van der Waals surface area contributed by atoms with Crippen molar-refractivity contribution in [1.82, 2.24) is 10.2 Å². The maximum Gasteiger partial charge on any atom is 0.130 e. The van der Waals surface area contributed by atoms with Crippen LogP contribution in [-0.2, 0) is 6.54 Å². The van der Waals surface area contributed by atoms with Gasteiger partial charge in [-0.15, -0.1) is 0 Å². The molecule has 5 nitrogen and oxygen atoms in total. The Kier molecular flexibility index (Phi) is 4.50. The van der Waals surface area contributed by atoms with Gasteiger partial charge in [-0.1, -0.05) is 0 Å². The van der Waals surface area contributed by atoms with Crippen LogP contribution in [0.5, 0.6) is 17.2 Å². The minimum Gasteiger partial charge on any atom is -0.496 e. The number of hydrogen-bond acceptors (Lipinski definition) is 5. The molecule has 0 amide bonds. The van der Waals surface area contributed by atoms with Crippen LogP contribution in [0.4, 0.5) is 0 Å². The highest BCUT2D eigenvalue weighted by atomic mass is 16.5. The van der Waals surface area contributed by atoms with Crippen LogP contribution in [0.25, 0.3) is 0 Å². The lowest BCUT2D eigenvalue weighted by atomic mass is 10.1. The van der Waals surface area contributed by atoms with E-state index in [9.17, 15) is 0 Å². The fraction of sp³-hybridized carbons (Fsp3) is 0.571. The van der Waals surface area contributed by atoms with Crippen LogP contribution in [0, 0.1) is 0 Å². The molecule has 1 aliphatic rings. The third kappa shape index (κ3) is 2.93. The zero-order valence-corrected chi connectivity index (χ0v) is 12.0. The largest absolute Gasteiger partial charge is 0.496 e. The van der Waals surface area contributed by atoms with Gasteiger partial charge >= 0.3 is 0 Å². The summed E-state index contributed by atoms with van der Waals surface area (Å²) in [6.07, 6.45) is 0. The van der Waals surface area contributed by atoms with Gasteiger partial charge in [0.05, 0.1) is 26.9 Å². The van der Waals surface area contributed by atoms with Crippen molar-refractivity contribution < 1.29 is 14.2 Å². The summed E-state index contributed by atoms with van der Waals surface area (Å²) in [6.45, 7) is 2.87. The number of rotatable bonds is 6. The van der Waals surface area contributed by atoms with Crippen LogP contribution in [0.15, 0.2) is 12.1 Å². The quantitative estimate of drug-likeness (QED) is 0.835. The lowest BCUT2D eigenvalue weighted by molar-refractivity contribution is 0.169. The molecule has 1 fully saturated rings. The zero-order valence-electron chi connectivity index (χ0n) is 12.0. The number of methoxy groups -OCH3 is 3. The predicted octanol–water partition coefficient (Wildman–Crippen LogP) is 1.12. The van der Waals surface area contributed by atoms with Crippen molar-refractivity contribution in [2.75, 3.05) is 41.5 Å². The second-order valence-electron chi connectivity index (χ2n) is 4.74. The van der Waals surface area contributed by atoms with Crippen LogP contribution in [0.2, 0.25) is 0 Å². The Morgan fingerprint density at radius 3 is 2.05 bits per heavy atom. The molecule has 5 heteroatoms. The van der Waals surface area contributed by atoms with E-state index in [1.807, 2.05) is 12.1 Å². The molecule has 1 aromatic carbocycles. The van der Waals surface area contributed by atoms with Crippen LogP contribution in [0.1, 0.15) is 5.56 Å². The highest BCUT2D eigenvalue weighted by Crippen LogP contribution is 2.35. The fourth-order valence-corrected chi connectivity index (χ4v) is 2.20. The van der Waals surface area contributed by atoms with E-state index in [1.165, 1.54) is 0 Å². The summed E-state index contributed by atoms with van der Waals surface area (Å²) in [5, 5.41) is 3.28. The molecule has 2 rings (SSSR count). The van der Waals surface area contributed by atoms with E-state index in [2.05, 4.69) is 17.3 Å². The van der Waals surface area contributed by atoms with Gasteiger partial charge < -0.3 is 19.5 Å². The Morgan fingerprint density at radius 1 is 1.11 bits per heavy atom. The predicted molar refractivity (Wildman–Crippen MR) is 74.2 cm³/mol. The van der Waals surface area contributed by atoms with E-state index < -0.39 is 0 Å². The van der Waals surface area contributed by atoms with Gasteiger partial charge in [0.15, 0.2) is 0 Å². The van der Waals surface area contributed by atoms with Gasteiger partial charge in [-0.25, -0.2) is 0 Å². The summed E-state index contributed by atoms with van der Waals surface area (Å²) in [4.78, 5) is 2.31. The summed E-state index contributed by atoms with van der Waals surface area (Å²) in [5.41, 5.74) is 1.06. The smallest absolute Gasteiger partial charge is 0.130 e. The fourth-order valence-electron chi connectivity index (χ4n) is 2.20. The van der Waals surface area contributed by atoms with E-state index in [0.29, 0.717) is 6.04 Å². The summed E-state index contributed by atoms with van der Waals surface area (Å²) in [7, 11) is 7.10. The van der Waals surface area contributed by atoms with E-state index in [1.54, 1.807) is 21.3 Å². The molecule has 0 radical (unpaired) electrons. The molecule has 1 saturated heterocycles. The van der Waals surface area contributed by atoms with Gasteiger partial charge in [-0.2, -0.15) is 0 Å². The van der Waals surface area contributed by atoms with Crippen LogP contribution >= 0.6 is 0 Å². The summed E-state index contributed by atoms with van der Waals surface area (Å²) in [6, 6.07) is 4.37. The number of hydrogen-bond donors (Lipinski definition) is 1. The third-order valence-electron chi connectivity index (χ3n) is 3.61. The van der Waals surface area contributed by atoms with Gasteiger partial charge in [0.1, 0.15) is 17.2 Å². The molecular formula is C14H22N2O3. The molecule has 1 N–H and O–H groups in total. The molecule has 0 unspecified atom stereocenters. The van der Waals surface area contributed by atoms with Crippen molar-refractivity contribution >= 4 is 0 Å². The van der Waals surface area contributed by atoms with E-state index in [0.717, 1.165) is 42.4 Å². The Balaban J connectivity index is 2.25. The lowest BCUT2D eigenvalue weighted by Gasteiger charge is -2.36. The molecule has 0 aromatic heterocycles. The first-order valence-electron chi connectivity index (χ1n) is 6.39. The SMILES string of the molecule is COc1cc(OC)c(CN(C)C2CNC2)c(OC)c1. The van der Waals surface area contributed by atoms with Crippen molar-refractivity contribution in [1.29, 1.82) is 0 Å². The molecule has 1 heterocycles. The molecule has 0 aliphatic carbocycles. The van der Waals surface area contributed by atoms with E-state index in [-0.39, 0.29) is 0 Å². The number of nitrogens with one attached hydrogen (secondary N) is 1. The first kappa shape index (κ1) is 14.0. The Labute approximate surface area is 114 Å². The van der Waals surface area contributed by atoms with Crippen molar-refractivity contribution in [3.63, 3.8) is 0 Å². The molecule has 1 aliphatic heterocycles. The van der Waals surface area contributed by atoms with Gasteiger partial charge in [0.2, 0.25) is 0 Å². The monoisotopic (exact) mass is 266 g/mol. The Hall–Kier alpha value is -1.46. The van der Waals surface area contributed by atoms with Gasteiger partial charge in [0.25, 0.3) is 0 Å². The molecule has 19 heavy (non-hydrogen) atoms. The third-order valence-corrected chi connectivity index (χ3v) is 3.61. The van der Waals surface area contributed by atoms with Crippen molar-refractivity contribution in [3.8, 4) is 17.2 Å². The molecule has 106 valence electrons. The summed E-state index contributed by atoms with van der Waals surface area (Å²) in [5.74, 6) is 2.34. The Bertz CT molecular complexity index is 408. The second kappa shape index (κ2) is 6.12. The number of likely N-dealkylation sites (N-methyl/N-ethyl adjacent to an activating group) is 1. The van der Waals surface area contributed by atoms with Crippen LogP contribution < -0.4 is 19.5 Å². The normalized spacial score (nSPS) is 15.2. The molecule has 0 spiro atoms. The lowest BCUT2D eigenvalue weighted by Crippen LogP contribution is -2.55. The first-order valence-corrected chi connectivity index (χ1v) is 6.39. The number of ether oxygens (including phenoxy) is 3. The average molecular weight is 266 g/mol. The molecule has 0 bridgehead atoms. The van der Waals surface area contributed by atoms with E-state index >= 15 is 0 Å². The summed E-state index contributed by atoms with van der Waals surface area (Å²) < 4.78 is 16.2. The molecular weight excluding hydrogens is 244 g/mol. The minimum atomic E-state index is 0.580. The minimum absolute atomic E-state index is 0.580. The second-order valence-corrected chi connectivity index (χ2v) is 4.74. The van der Waals surface area contributed by atoms with Gasteiger partial charge in [-0.3, -0.25) is 4.90 Å². The standard InChI is InChI=1S/C14H22N2O3/c1-16(10-7-15-8-10)9-12-13(18-3)5-11(17-2)6-14(12)19-4/h5-6,10,15H,7-9H2,1-4H3. The molecule has 0 saturated carbocycles. The average Bonchev–Trinajstić information content (AvgIpc) is 2.36. The molecule has 0 atom stereocenters. The van der Waals surface area contributed by atoms with Crippen molar-refractivity contribution in [3.05, 3.63) is 17.7 Å². The Morgan fingerprint density at radius 2 is 1.68 bits per heavy atom. The highest BCUT2D eigenvalue weighted by molar-refractivity contribution is 5.50. The molecule has 1 aromatic rings.